The molecule has 0 aromatic carbocycles. The van der Waals surface area contributed by atoms with Crippen LogP contribution in [-0.4, -0.2) is 0 Å². The first-order valence-corrected chi connectivity index (χ1v) is 3.08. The Morgan fingerprint density at radius 3 is 3.00 bits per heavy atom. The molecule has 50 valence electrons. The van der Waals surface area contributed by atoms with Crippen LogP contribution in [0.4, 0.5) is 0 Å². The maximum Gasteiger partial charge on any atom is 0.298 e. The molecule has 0 unspecified atom stereocenters. The van der Waals surface area contributed by atoms with Crippen molar-refractivity contribution in [1.29, 1.82) is 0 Å². The van der Waals surface area contributed by atoms with Gasteiger partial charge in [0.15, 0.2) is 0 Å². The summed E-state index contributed by atoms with van der Waals surface area (Å²) in [7, 11) is 0. The first kappa shape index (κ1) is 8.03. The van der Waals surface area contributed by atoms with E-state index >= 15 is 0 Å². The summed E-state index contributed by atoms with van der Waals surface area (Å²) in [5, 5.41) is 12.0. The monoisotopic (exact) mass is 125 g/mol. The molecule has 9 heavy (non-hydrogen) atoms. The highest BCUT2D eigenvalue weighted by molar-refractivity contribution is 4.87. The molecule has 0 aromatic rings. The molecule has 0 saturated heterocycles. The van der Waals surface area contributed by atoms with E-state index in [1.807, 2.05) is 13.0 Å². The van der Waals surface area contributed by atoms with Crippen molar-refractivity contribution in [1.82, 2.24) is 0 Å². The van der Waals surface area contributed by atoms with Crippen LogP contribution in [0.3, 0.4) is 0 Å². The van der Waals surface area contributed by atoms with E-state index in [-0.39, 0.29) is 0 Å². The lowest BCUT2D eigenvalue weighted by Gasteiger charge is -1.80. The standard InChI is InChI=1S/C7H11NO/c1-2-3-4-5-6-7-8-9/h2-3H,4-6H2,1H3/b3-2+. The minimum absolute atomic E-state index is 0.674. The van der Waals surface area contributed by atoms with E-state index in [4.69, 9.17) is 0 Å². The quantitative estimate of drug-likeness (QED) is 0.323. The Labute approximate surface area is 55.6 Å². The summed E-state index contributed by atoms with van der Waals surface area (Å²) in [6.45, 7) is 1.98. The minimum Gasteiger partial charge on any atom is -0.498 e. The number of rotatable bonds is 3. The van der Waals surface area contributed by atoms with Gasteiger partial charge in [0, 0.05) is 5.01 Å². The zero-order valence-electron chi connectivity index (χ0n) is 5.63. The molecule has 0 aliphatic rings. The molecule has 0 aliphatic carbocycles. The van der Waals surface area contributed by atoms with Crippen LogP contribution in [0.2, 0.25) is 0 Å². The third-order valence-electron chi connectivity index (χ3n) is 0.960. The highest BCUT2D eigenvalue weighted by atomic mass is 16.4. The highest BCUT2D eigenvalue weighted by Crippen LogP contribution is 1.94. The lowest BCUT2D eigenvalue weighted by atomic mass is 10.2. The zero-order valence-corrected chi connectivity index (χ0v) is 5.63. The van der Waals surface area contributed by atoms with Crippen molar-refractivity contribution < 1.29 is 0 Å². The Morgan fingerprint density at radius 2 is 2.44 bits per heavy atom. The van der Waals surface area contributed by atoms with Gasteiger partial charge in [-0.3, -0.25) is 0 Å². The van der Waals surface area contributed by atoms with Crippen molar-refractivity contribution in [3.05, 3.63) is 22.4 Å². The molecule has 0 fully saturated rings. The molecule has 0 aromatic heterocycles. The maximum absolute atomic E-state index is 9.46. The van der Waals surface area contributed by atoms with Crippen LogP contribution >= 0.6 is 0 Å². The van der Waals surface area contributed by atoms with Gasteiger partial charge in [0.25, 0.3) is 6.07 Å². The largest absolute Gasteiger partial charge is 0.498 e. The van der Waals surface area contributed by atoms with Gasteiger partial charge in [-0.05, 0) is 19.8 Å². The molecule has 0 heterocycles. The highest BCUT2D eigenvalue weighted by Gasteiger charge is 1.83. The first-order chi connectivity index (χ1) is 4.41. The molecule has 0 atom stereocenters. The van der Waals surface area contributed by atoms with Crippen LogP contribution in [-0.2, 0) is 0 Å². The summed E-state index contributed by atoms with van der Waals surface area (Å²) < 4.78 is 0. The van der Waals surface area contributed by atoms with Gasteiger partial charge < -0.3 is 5.21 Å². The predicted molar refractivity (Wildman–Crippen MR) is 39.3 cm³/mol. The van der Waals surface area contributed by atoms with Gasteiger partial charge in [0.05, 0.1) is 6.42 Å². The molecule has 0 rings (SSSR count). The second kappa shape index (κ2) is 7.03. The fourth-order valence-electron chi connectivity index (χ4n) is 0.511. The molecular weight excluding hydrogens is 114 g/mol. The van der Waals surface area contributed by atoms with E-state index in [9.17, 15) is 5.21 Å². The second-order valence-electron chi connectivity index (χ2n) is 1.71. The molecule has 0 amide bonds. The van der Waals surface area contributed by atoms with Gasteiger partial charge >= 0.3 is 0 Å². The SMILES string of the molecule is C/C=C/CCCC#[N+][O-]. The topological polar surface area (TPSA) is 27.4 Å². The molecule has 0 spiro atoms. The Morgan fingerprint density at radius 1 is 1.67 bits per heavy atom. The van der Waals surface area contributed by atoms with Crippen molar-refractivity contribution in [2.45, 2.75) is 26.2 Å². The van der Waals surface area contributed by atoms with Gasteiger partial charge in [-0.15, -0.1) is 0 Å². The number of nitrogens with zero attached hydrogens (tertiary/aromatic N) is 1. The summed E-state index contributed by atoms with van der Waals surface area (Å²) in [6.07, 6.45) is 6.71. The van der Waals surface area contributed by atoms with Crippen molar-refractivity contribution in [3.63, 3.8) is 0 Å². The number of hydrogen-bond donors (Lipinski definition) is 0. The summed E-state index contributed by atoms with van der Waals surface area (Å²) >= 11 is 0. The predicted octanol–water partition coefficient (Wildman–Crippen LogP) is 2.56. The van der Waals surface area contributed by atoms with E-state index in [0.717, 1.165) is 12.8 Å². The van der Waals surface area contributed by atoms with Gasteiger partial charge in [-0.1, -0.05) is 12.2 Å². The summed E-state index contributed by atoms with van der Waals surface area (Å²) in [4.78, 5) is 0. The average Bonchev–Trinajstić information content (AvgIpc) is 1.89. The van der Waals surface area contributed by atoms with E-state index in [1.54, 1.807) is 0 Å². The fraction of sp³-hybridized carbons (Fsp3) is 0.571. The third kappa shape index (κ3) is 7.03. The van der Waals surface area contributed by atoms with Gasteiger partial charge in [0.2, 0.25) is 0 Å². The van der Waals surface area contributed by atoms with Crippen LogP contribution in [0.1, 0.15) is 26.2 Å². The molecule has 2 nitrogen and oxygen atoms in total. The number of allylic oxidation sites excluding steroid dienone is 2. The summed E-state index contributed by atoms with van der Waals surface area (Å²) in [6, 6.07) is 2.34. The molecule has 0 bridgehead atoms. The van der Waals surface area contributed by atoms with E-state index in [0.29, 0.717) is 6.42 Å². The molecule has 0 N–H and O–H groups in total. The second-order valence-corrected chi connectivity index (χ2v) is 1.71. The number of unbranched alkanes of at least 4 members (excludes halogenated alkanes) is 2. The fourth-order valence-corrected chi connectivity index (χ4v) is 0.511. The smallest absolute Gasteiger partial charge is 0.298 e. The lowest BCUT2D eigenvalue weighted by Crippen LogP contribution is -1.66. The van der Waals surface area contributed by atoms with Crippen molar-refractivity contribution in [2.75, 3.05) is 0 Å². The van der Waals surface area contributed by atoms with Gasteiger partial charge in [-0.2, -0.15) is 0 Å². The van der Waals surface area contributed by atoms with Crippen molar-refractivity contribution in [3.8, 4) is 6.07 Å². The molecule has 0 saturated carbocycles. The average molecular weight is 125 g/mol. The van der Waals surface area contributed by atoms with E-state index < -0.39 is 0 Å². The molecule has 2 heteroatoms. The maximum atomic E-state index is 9.46. The molecular formula is C7H11NO. The Bertz CT molecular complexity index is 130. The zero-order chi connectivity index (χ0) is 6.95. The minimum atomic E-state index is 0.674. The van der Waals surface area contributed by atoms with E-state index in [1.165, 1.54) is 0 Å². The van der Waals surface area contributed by atoms with Crippen LogP contribution in [0.15, 0.2) is 12.2 Å². The van der Waals surface area contributed by atoms with Gasteiger partial charge in [-0.25, -0.2) is 0 Å². The van der Waals surface area contributed by atoms with Crippen LogP contribution in [0.5, 0.6) is 0 Å². The van der Waals surface area contributed by atoms with E-state index in [2.05, 4.69) is 17.2 Å². The molecule has 0 radical (unpaired) electrons. The van der Waals surface area contributed by atoms with Crippen LogP contribution < -0.4 is 0 Å². The Balaban J connectivity index is 2.97. The van der Waals surface area contributed by atoms with Crippen LogP contribution in [0, 0.1) is 11.3 Å². The Kier molecular flexibility index (Phi) is 6.27. The first-order valence-electron chi connectivity index (χ1n) is 3.08. The summed E-state index contributed by atoms with van der Waals surface area (Å²) in [5.74, 6) is 0. The number of hydrogen-bond acceptors (Lipinski definition) is 1. The van der Waals surface area contributed by atoms with Crippen LogP contribution in [0.25, 0.3) is 5.01 Å². The molecule has 0 aliphatic heterocycles. The normalized spacial score (nSPS) is 9.00. The van der Waals surface area contributed by atoms with Gasteiger partial charge in [0.1, 0.15) is 0 Å². The summed E-state index contributed by atoms with van der Waals surface area (Å²) in [5.41, 5.74) is 0. The van der Waals surface area contributed by atoms with Crippen molar-refractivity contribution in [2.24, 2.45) is 0 Å². The van der Waals surface area contributed by atoms with Crippen molar-refractivity contribution >= 4 is 0 Å². The Hall–Kier alpha value is -0.970. The third-order valence-corrected chi connectivity index (χ3v) is 0.960. The lowest BCUT2D eigenvalue weighted by molar-refractivity contribution is 0.883.